The summed E-state index contributed by atoms with van der Waals surface area (Å²) >= 11 is 0. The number of amides is 1. The summed E-state index contributed by atoms with van der Waals surface area (Å²) in [5.74, 6) is 0.477. The number of aromatic nitrogens is 1. The Kier molecular flexibility index (Phi) is 5.91. The van der Waals surface area contributed by atoms with Gasteiger partial charge in [0.2, 0.25) is 5.91 Å². The zero-order chi connectivity index (χ0) is 18.6. The maximum absolute atomic E-state index is 12.8. The van der Waals surface area contributed by atoms with Crippen molar-refractivity contribution in [3.63, 3.8) is 0 Å². The topological polar surface area (TPSA) is 107 Å². The van der Waals surface area contributed by atoms with Gasteiger partial charge < -0.3 is 24.1 Å². The van der Waals surface area contributed by atoms with Crippen LogP contribution in [0, 0.1) is 30.6 Å². The molecule has 0 aliphatic carbocycles. The van der Waals surface area contributed by atoms with Crippen LogP contribution in [0.4, 0.5) is 0 Å². The van der Waals surface area contributed by atoms with Crippen molar-refractivity contribution in [3.8, 4) is 6.07 Å². The van der Waals surface area contributed by atoms with Crippen LogP contribution in [0.15, 0.2) is 4.52 Å². The highest BCUT2D eigenvalue weighted by Crippen LogP contribution is 2.30. The van der Waals surface area contributed by atoms with Crippen LogP contribution in [0.5, 0.6) is 0 Å². The van der Waals surface area contributed by atoms with E-state index in [0.717, 1.165) is 17.0 Å². The Morgan fingerprint density at radius 2 is 2.12 bits per heavy atom. The maximum Gasteiger partial charge on any atom is 0.241 e. The number of aryl methyl sites for hydroxylation is 2. The monoisotopic (exact) mass is 363 g/mol. The molecule has 2 aliphatic rings. The summed E-state index contributed by atoms with van der Waals surface area (Å²) in [5, 5.41) is 16.5. The minimum absolute atomic E-state index is 0.183. The quantitative estimate of drug-likeness (QED) is 0.842. The molecule has 1 aromatic rings. The van der Waals surface area contributed by atoms with Gasteiger partial charge in [0.1, 0.15) is 11.2 Å². The second kappa shape index (κ2) is 8.16. The second-order valence-corrected chi connectivity index (χ2v) is 6.90. The highest BCUT2D eigenvalue weighted by Gasteiger charge is 2.42. The normalized spacial score (nSPS) is 25.4. The molecule has 2 aliphatic heterocycles. The lowest BCUT2D eigenvalue weighted by Crippen LogP contribution is -2.55. The van der Waals surface area contributed by atoms with Crippen molar-refractivity contribution in [1.82, 2.24) is 10.5 Å². The zero-order valence-corrected chi connectivity index (χ0v) is 15.2. The number of nitrogens with zero attached hydrogens (tertiary/aromatic N) is 2. The number of rotatable bonds is 5. The number of carbonyl (C=O) groups is 1. The molecular weight excluding hydrogens is 338 g/mol. The van der Waals surface area contributed by atoms with E-state index in [2.05, 4.69) is 16.5 Å². The highest BCUT2D eigenvalue weighted by molar-refractivity contribution is 5.85. The highest BCUT2D eigenvalue weighted by atomic mass is 16.5. The van der Waals surface area contributed by atoms with Crippen molar-refractivity contribution >= 4 is 5.91 Å². The lowest BCUT2D eigenvalue weighted by Gasteiger charge is -2.35. The van der Waals surface area contributed by atoms with Crippen LogP contribution >= 0.6 is 0 Å². The third kappa shape index (κ3) is 3.90. The fourth-order valence-electron chi connectivity index (χ4n) is 3.37. The smallest absolute Gasteiger partial charge is 0.241 e. The van der Waals surface area contributed by atoms with Gasteiger partial charge in [-0.3, -0.25) is 4.79 Å². The van der Waals surface area contributed by atoms with Crippen LogP contribution in [-0.4, -0.2) is 49.6 Å². The summed E-state index contributed by atoms with van der Waals surface area (Å²) in [6, 6.07) is 1.91. The molecule has 3 rings (SSSR count). The van der Waals surface area contributed by atoms with E-state index in [0.29, 0.717) is 52.3 Å². The lowest BCUT2D eigenvalue weighted by molar-refractivity contribution is -0.137. The van der Waals surface area contributed by atoms with Crippen molar-refractivity contribution in [2.75, 3.05) is 26.4 Å². The molecule has 8 heteroatoms. The van der Waals surface area contributed by atoms with Gasteiger partial charge in [0.25, 0.3) is 0 Å². The van der Waals surface area contributed by atoms with E-state index in [1.165, 1.54) is 0 Å². The number of hydrogen-bond donors (Lipinski definition) is 1. The van der Waals surface area contributed by atoms with Gasteiger partial charge in [0.15, 0.2) is 0 Å². The molecule has 2 fully saturated rings. The molecule has 2 saturated heterocycles. The first kappa shape index (κ1) is 18.8. The minimum atomic E-state index is -1.03. The third-order valence-electron chi connectivity index (χ3n) is 5.23. The molecule has 0 bridgehead atoms. The summed E-state index contributed by atoms with van der Waals surface area (Å²) in [6.45, 7) is 5.90. The van der Waals surface area contributed by atoms with E-state index in [4.69, 9.17) is 18.7 Å². The van der Waals surface area contributed by atoms with Gasteiger partial charge in [-0.1, -0.05) is 5.16 Å². The molecule has 142 valence electrons. The molecule has 0 aromatic carbocycles. The van der Waals surface area contributed by atoms with Gasteiger partial charge in [0.05, 0.1) is 37.1 Å². The van der Waals surface area contributed by atoms with Crippen molar-refractivity contribution < 1.29 is 23.5 Å². The Hall–Kier alpha value is -1.95. The molecule has 0 saturated carbocycles. The van der Waals surface area contributed by atoms with Crippen LogP contribution < -0.4 is 5.32 Å². The first-order valence-electron chi connectivity index (χ1n) is 8.97. The largest absolute Gasteiger partial charge is 0.381 e. The second-order valence-electron chi connectivity index (χ2n) is 6.90. The summed E-state index contributed by atoms with van der Waals surface area (Å²) in [5.41, 5.74) is 0.710. The number of ether oxygens (including phenoxy) is 3. The SMILES string of the molecule is Cc1noc(C)c1CO[C@@H]1CCOC[C@@H]1NC(=O)C1(C#N)CCOCC1. The van der Waals surface area contributed by atoms with Crippen LogP contribution in [0.3, 0.4) is 0 Å². The van der Waals surface area contributed by atoms with Crippen molar-refractivity contribution in [2.45, 2.75) is 51.9 Å². The van der Waals surface area contributed by atoms with E-state index < -0.39 is 5.41 Å². The standard InChI is InChI=1S/C18H25N3O5/c1-12-14(13(2)26-21-12)9-25-16-3-6-24-10-15(16)20-17(22)18(11-19)4-7-23-8-5-18/h15-16H,3-10H2,1-2H3,(H,20,22)/t15-,16+/m0/s1. The maximum atomic E-state index is 12.8. The van der Waals surface area contributed by atoms with E-state index in [-0.39, 0.29) is 18.1 Å². The number of nitriles is 1. The molecule has 0 spiro atoms. The van der Waals surface area contributed by atoms with Crippen LogP contribution in [-0.2, 0) is 25.6 Å². The molecule has 2 atom stereocenters. The molecule has 1 aromatic heterocycles. The fraction of sp³-hybridized carbons (Fsp3) is 0.722. The number of nitrogens with one attached hydrogen (secondary N) is 1. The number of carbonyl (C=O) groups excluding carboxylic acids is 1. The van der Waals surface area contributed by atoms with Gasteiger partial charge in [-0.05, 0) is 33.1 Å². The van der Waals surface area contributed by atoms with Crippen molar-refractivity contribution in [3.05, 3.63) is 17.0 Å². The first-order chi connectivity index (χ1) is 12.6. The van der Waals surface area contributed by atoms with Crippen LogP contribution in [0.1, 0.15) is 36.3 Å². The Morgan fingerprint density at radius 1 is 1.35 bits per heavy atom. The average Bonchev–Trinajstić information content (AvgIpc) is 2.99. The molecule has 8 nitrogen and oxygen atoms in total. The van der Waals surface area contributed by atoms with E-state index in [1.807, 2.05) is 13.8 Å². The van der Waals surface area contributed by atoms with Crippen LogP contribution in [0.25, 0.3) is 0 Å². The summed E-state index contributed by atoms with van der Waals surface area (Å²) in [4.78, 5) is 12.8. The van der Waals surface area contributed by atoms with Crippen molar-refractivity contribution in [1.29, 1.82) is 5.26 Å². The van der Waals surface area contributed by atoms with E-state index in [9.17, 15) is 10.1 Å². The summed E-state index contributed by atoms with van der Waals surface area (Å²) in [7, 11) is 0. The van der Waals surface area contributed by atoms with Gasteiger partial charge >= 0.3 is 0 Å². The Balaban J connectivity index is 1.63. The van der Waals surface area contributed by atoms with Gasteiger partial charge in [0, 0.05) is 25.4 Å². The van der Waals surface area contributed by atoms with E-state index in [1.54, 1.807) is 0 Å². The average molecular weight is 363 g/mol. The predicted octanol–water partition coefficient (Wildman–Crippen LogP) is 1.40. The molecule has 1 amide bonds. The summed E-state index contributed by atoms with van der Waals surface area (Å²) < 4.78 is 22.0. The van der Waals surface area contributed by atoms with Gasteiger partial charge in [-0.25, -0.2) is 0 Å². The Morgan fingerprint density at radius 3 is 2.77 bits per heavy atom. The minimum Gasteiger partial charge on any atom is -0.381 e. The summed E-state index contributed by atoms with van der Waals surface area (Å²) in [6.07, 6.45) is 1.31. The van der Waals surface area contributed by atoms with Crippen LogP contribution in [0.2, 0.25) is 0 Å². The molecule has 0 radical (unpaired) electrons. The predicted molar refractivity (Wildman–Crippen MR) is 90.0 cm³/mol. The molecular formula is C18H25N3O5. The first-order valence-corrected chi connectivity index (χ1v) is 8.97. The van der Waals surface area contributed by atoms with E-state index >= 15 is 0 Å². The fourth-order valence-corrected chi connectivity index (χ4v) is 3.37. The van der Waals surface area contributed by atoms with Crippen molar-refractivity contribution in [2.24, 2.45) is 5.41 Å². The Bertz CT molecular complexity index is 655. The van der Waals surface area contributed by atoms with Gasteiger partial charge in [-0.2, -0.15) is 5.26 Å². The lowest BCUT2D eigenvalue weighted by atomic mass is 9.80. The molecule has 26 heavy (non-hydrogen) atoms. The molecule has 3 heterocycles. The molecule has 0 unspecified atom stereocenters. The third-order valence-corrected chi connectivity index (χ3v) is 5.23. The number of hydrogen-bond acceptors (Lipinski definition) is 7. The Labute approximate surface area is 152 Å². The zero-order valence-electron chi connectivity index (χ0n) is 15.2. The molecule has 1 N–H and O–H groups in total. The van der Waals surface area contributed by atoms with Gasteiger partial charge in [-0.15, -0.1) is 0 Å².